The van der Waals surface area contributed by atoms with Gasteiger partial charge in [0.25, 0.3) is 0 Å². The Morgan fingerprint density at radius 1 is 1.20 bits per heavy atom. The third-order valence-electron chi connectivity index (χ3n) is 3.52. The first-order valence-corrected chi connectivity index (χ1v) is 9.38. The molecule has 0 unspecified atom stereocenters. The SMILES string of the molecule is COc1ccc(Cl)cc1S(=O)(=O)Cc1nc(-c2cccc(C)c2)no1. The van der Waals surface area contributed by atoms with E-state index in [0.717, 1.165) is 11.1 Å². The van der Waals surface area contributed by atoms with Gasteiger partial charge in [-0.25, -0.2) is 8.42 Å². The van der Waals surface area contributed by atoms with Crippen molar-refractivity contribution in [1.82, 2.24) is 10.1 Å². The molecule has 25 heavy (non-hydrogen) atoms. The lowest BCUT2D eigenvalue weighted by Crippen LogP contribution is -2.07. The van der Waals surface area contributed by atoms with Gasteiger partial charge >= 0.3 is 0 Å². The summed E-state index contributed by atoms with van der Waals surface area (Å²) in [5, 5.41) is 4.15. The molecule has 8 heteroatoms. The van der Waals surface area contributed by atoms with E-state index >= 15 is 0 Å². The number of hydrogen-bond donors (Lipinski definition) is 0. The maximum Gasteiger partial charge on any atom is 0.242 e. The highest BCUT2D eigenvalue weighted by Crippen LogP contribution is 2.29. The van der Waals surface area contributed by atoms with Gasteiger partial charge < -0.3 is 9.26 Å². The zero-order valence-corrected chi connectivity index (χ0v) is 15.1. The number of hydrogen-bond acceptors (Lipinski definition) is 6. The Bertz CT molecular complexity index is 1010. The quantitative estimate of drug-likeness (QED) is 0.673. The highest BCUT2D eigenvalue weighted by atomic mass is 35.5. The van der Waals surface area contributed by atoms with Gasteiger partial charge in [0.1, 0.15) is 16.4 Å². The minimum atomic E-state index is -3.76. The number of benzene rings is 2. The molecule has 130 valence electrons. The third kappa shape index (κ3) is 3.83. The third-order valence-corrected chi connectivity index (χ3v) is 5.37. The van der Waals surface area contributed by atoms with Crippen LogP contribution in [0.5, 0.6) is 5.75 Å². The topological polar surface area (TPSA) is 82.3 Å². The smallest absolute Gasteiger partial charge is 0.242 e. The van der Waals surface area contributed by atoms with E-state index in [1.165, 1.54) is 19.2 Å². The summed E-state index contributed by atoms with van der Waals surface area (Å²) in [6.07, 6.45) is 0. The van der Waals surface area contributed by atoms with E-state index in [-0.39, 0.29) is 16.5 Å². The fourth-order valence-electron chi connectivity index (χ4n) is 2.35. The molecule has 0 atom stereocenters. The molecule has 2 aromatic carbocycles. The predicted molar refractivity (Wildman–Crippen MR) is 93.4 cm³/mol. The van der Waals surface area contributed by atoms with E-state index < -0.39 is 15.6 Å². The predicted octanol–water partition coefficient (Wildman–Crippen LogP) is 3.68. The first kappa shape index (κ1) is 17.4. The average molecular weight is 379 g/mol. The molecule has 0 saturated carbocycles. The van der Waals surface area contributed by atoms with Gasteiger partial charge in [-0.1, -0.05) is 40.5 Å². The molecule has 0 aliphatic rings. The molecule has 3 rings (SSSR count). The molecular formula is C17H15ClN2O4S. The normalized spacial score (nSPS) is 11.5. The fraction of sp³-hybridized carbons (Fsp3) is 0.176. The van der Waals surface area contributed by atoms with Crippen molar-refractivity contribution >= 4 is 21.4 Å². The Morgan fingerprint density at radius 2 is 2.00 bits per heavy atom. The second-order valence-corrected chi connectivity index (χ2v) is 7.83. The van der Waals surface area contributed by atoms with E-state index in [9.17, 15) is 8.42 Å². The van der Waals surface area contributed by atoms with Gasteiger partial charge in [-0.05, 0) is 31.2 Å². The average Bonchev–Trinajstić information content (AvgIpc) is 3.02. The summed E-state index contributed by atoms with van der Waals surface area (Å²) in [5.41, 5.74) is 1.80. The lowest BCUT2D eigenvalue weighted by molar-refractivity contribution is 0.388. The number of halogens is 1. The van der Waals surface area contributed by atoms with E-state index in [4.69, 9.17) is 20.9 Å². The monoisotopic (exact) mass is 378 g/mol. The van der Waals surface area contributed by atoms with Gasteiger partial charge in [0.2, 0.25) is 11.7 Å². The van der Waals surface area contributed by atoms with Gasteiger partial charge in [-0.2, -0.15) is 4.98 Å². The molecule has 0 amide bonds. The molecule has 1 aromatic heterocycles. The molecular weight excluding hydrogens is 364 g/mol. The molecule has 0 bridgehead atoms. The Kier molecular flexibility index (Phi) is 4.78. The van der Waals surface area contributed by atoms with Crippen LogP contribution < -0.4 is 4.74 Å². The molecule has 1 heterocycles. The van der Waals surface area contributed by atoms with E-state index in [1.807, 2.05) is 31.2 Å². The second-order valence-electron chi connectivity index (χ2n) is 5.44. The number of methoxy groups -OCH3 is 1. The van der Waals surface area contributed by atoms with Gasteiger partial charge in [-0.15, -0.1) is 0 Å². The van der Waals surface area contributed by atoms with Crippen molar-refractivity contribution in [3.8, 4) is 17.1 Å². The number of rotatable bonds is 5. The molecule has 0 radical (unpaired) electrons. The summed E-state index contributed by atoms with van der Waals surface area (Å²) in [5.74, 6) is 0.107. The number of sulfone groups is 1. The molecule has 0 spiro atoms. The summed E-state index contributed by atoms with van der Waals surface area (Å²) in [7, 11) is -2.37. The van der Waals surface area contributed by atoms with E-state index in [2.05, 4.69) is 10.1 Å². The van der Waals surface area contributed by atoms with Crippen molar-refractivity contribution in [1.29, 1.82) is 0 Å². The number of ether oxygens (including phenoxy) is 1. The van der Waals surface area contributed by atoms with Crippen LogP contribution >= 0.6 is 11.6 Å². The van der Waals surface area contributed by atoms with Gasteiger partial charge in [-0.3, -0.25) is 0 Å². The zero-order valence-electron chi connectivity index (χ0n) is 13.6. The Morgan fingerprint density at radius 3 is 2.72 bits per heavy atom. The number of nitrogens with zero attached hydrogens (tertiary/aromatic N) is 2. The van der Waals surface area contributed by atoms with Crippen LogP contribution in [0.15, 0.2) is 51.9 Å². The Hall–Kier alpha value is -2.38. The van der Waals surface area contributed by atoms with E-state index in [1.54, 1.807) is 6.07 Å². The lowest BCUT2D eigenvalue weighted by atomic mass is 10.1. The maximum absolute atomic E-state index is 12.7. The molecule has 3 aromatic rings. The molecule has 0 saturated heterocycles. The van der Waals surface area contributed by atoms with E-state index in [0.29, 0.717) is 10.8 Å². The highest BCUT2D eigenvalue weighted by molar-refractivity contribution is 7.90. The second kappa shape index (κ2) is 6.85. The van der Waals surface area contributed by atoms with Crippen LogP contribution in [-0.4, -0.2) is 25.7 Å². The van der Waals surface area contributed by atoms with Crippen molar-refractivity contribution in [3.63, 3.8) is 0 Å². The van der Waals surface area contributed by atoms with Gasteiger partial charge in [0, 0.05) is 10.6 Å². The molecule has 6 nitrogen and oxygen atoms in total. The summed E-state index contributed by atoms with van der Waals surface area (Å²) in [4.78, 5) is 4.16. The minimum Gasteiger partial charge on any atom is -0.495 e. The van der Waals surface area contributed by atoms with Crippen LogP contribution in [0.4, 0.5) is 0 Å². The first-order chi connectivity index (χ1) is 11.9. The molecule has 0 aliphatic carbocycles. The highest BCUT2D eigenvalue weighted by Gasteiger charge is 2.24. The van der Waals surface area contributed by atoms with Gasteiger partial charge in [0.15, 0.2) is 9.84 Å². The van der Waals surface area contributed by atoms with Crippen molar-refractivity contribution in [3.05, 3.63) is 58.9 Å². The summed E-state index contributed by atoms with van der Waals surface area (Å²) in [6.45, 7) is 1.94. The largest absolute Gasteiger partial charge is 0.495 e. The van der Waals surface area contributed by atoms with Crippen molar-refractivity contribution in [2.45, 2.75) is 17.6 Å². The summed E-state index contributed by atoms with van der Waals surface area (Å²) in [6, 6.07) is 11.9. The lowest BCUT2D eigenvalue weighted by Gasteiger charge is -2.08. The van der Waals surface area contributed by atoms with Crippen LogP contribution in [0.1, 0.15) is 11.5 Å². The van der Waals surface area contributed by atoms with Crippen LogP contribution in [0, 0.1) is 6.92 Å². The number of aromatic nitrogens is 2. The molecule has 0 aliphatic heterocycles. The summed E-state index contributed by atoms with van der Waals surface area (Å²) < 4.78 is 35.5. The fourth-order valence-corrected chi connectivity index (χ4v) is 3.95. The van der Waals surface area contributed by atoms with Gasteiger partial charge in [0.05, 0.1) is 7.11 Å². The standard InChI is InChI=1S/C17H15ClN2O4S/c1-11-4-3-5-12(8-11)17-19-16(24-20-17)10-25(21,22)15-9-13(18)6-7-14(15)23-2/h3-9H,10H2,1-2H3. The van der Waals surface area contributed by atoms with Crippen LogP contribution in [-0.2, 0) is 15.6 Å². The number of aryl methyl sites for hydroxylation is 1. The Labute approximate surface area is 150 Å². The zero-order chi connectivity index (χ0) is 18.0. The first-order valence-electron chi connectivity index (χ1n) is 7.35. The van der Waals surface area contributed by atoms with Crippen molar-refractivity contribution in [2.75, 3.05) is 7.11 Å². The van der Waals surface area contributed by atoms with Crippen molar-refractivity contribution < 1.29 is 17.7 Å². The maximum atomic E-state index is 12.7. The summed E-state index contributed by atoms with van der Waals surface area (Å²) >= 11 is 5.91. The molecule has 0 N–H and O–H groups in total. The van der Waals surface area contributed by atoms with Crippen molar-refractivity contribution in [2.24, 2.45) is 0 Å². The van der Waals surface area contributed by atoms with Crippen LogP contribution in [0.3, 0.4) is 0 Å². The molecule has 0 fully saturated rings. The van der Waals surface area contributed by atoms with Crippen LogP contribution in [0.2, 0.25) is 5.02 Å². The van der Waals surface area contributed by atoms with Crippen LogP contribution in [0.25, 0.3) is 11.4 Å². The Balaban J connectivity index is 1.91. The minimum absolute atomic E-state index is 0.00136.